The number of fused-ring (bicyclic) bond motifs is 4. The Bertz CT molecular complexity index is 588. The summed E-state index contributed by atoms with van der Waals surface area (Å²) < 4.78 is 5.23. The van der Waals surface area contributed by atoms with E-state index in [1.54, 1.807) is 7.11 Å². The molecule has 1 heterocycles. The average Bonchev–Trinajstić information content (AvgIpc) is 2.37. The first-order valence-electron chi connectivity index (χ1n) is 6.75. The molecule has 1 aromatic heterocycles. The molecule has 1 aromatic rings. The van der Waals surface area contributed by atoms with Gasteiger partial charge in [0.2, 0.25) is 5.88 Å². The Morgan fingerprint density at radius 1 is 1.47 bits per heavy atom. The fraction of sp³-hybridized carbons (Fsp3) is 0.438. The largest absolute Gasteiger partial charge is 0.481 e. The highest BCUT2D eigenvalue weighted by Crippen LogP contribution is 2.48. The van der Waals surface area contributed by atoms with Crippen molar-refractivity contribution in [2.45, 2.75) is 32.2 Å². The van der Waals surface area contributed by atoms with E-state index in [1.807, 2.05) is 6.07 Å². The second-order valence-electron chi connectivity index (χ2n) is 5.56. The van der Waals surface area contributed by atoms with Gasteiger partial charge in [0.15, 0.2) is 0 Å². The Labute approximate surface area is 114 Å². The van der Waals surface area contributed by atoms with Crippen molar-refractivity contribution < 1.29 is 4.74 Å². The Morgan fingerprint density at radius 3 is 2.95 bits per heavy atom. The molecule has 0 spiro atoms. The number of pyridine rings is 1. The third-order valence-electron chi connectivity index (χ3n) is 4.32. The first-order valence-corrected chi connectivity index (χ1v) is 6.75. The highest BCUT2D eigenvalue weighted by molar-refractivity contribution is 5.49. The molecule has 0 aliphatic heterocycles. The van der Waals surface area contributed by atoms with Crippen molar-refractivity contribution in [3.05, 3.63) is 46.7 Å². The molecule has 3 nitrogen and oxygen atoms in total. The zero-order valence-electron chi connectivity index (χ0n) is 11.7. The molecule has 0 saturated heterocycles. The summed E-state index contributed by atoms with van der Waals surface area (Å²) in [5, 5.41) is 0. The maximum atomic E-state index is 6.76. The molecule has 2 atom stereocenters. The molecule has 2 N–H and O–H groups in total. The monoisotopic (exact) mass is 256 g/mol. The van der Waals surface area contributed by atoms with Crippen molar-refractivity contribution >= 4 is 0 Å². The molecule has 0 unspecified atom stereocenters. The Kier molecular flexibility index (Phi) is 2.75. The number of hydrogen-bond donors (Lipinski definition) is 1. The van der Waals surface area contributed by atoms with Gasteiger partial charge in [-0.05, 0) is 37.5 Å². The van der Waals surface area contributed by atoms with Crippen LogP contribution in [-0.4, -0.2) is 12.1 Å². The maximum absolute atomic E-state index is 6.76. The van der Waals surface area contributed by atoms with Crippen LogP contribution in [0.25, 0.3) is 0 Å². The SMILES string of the molecule is CC=C1[C@H]2C=C(C)C[C@]1(N)c1ccc(OC)nc1C2. The van der Waals surface area contributed by atoms with E-state index in [0.717, 1.165) is 24.1 Å². The maximum Gasteiger partial charge on any atom is 0.213 e. The van der Waals surface area contributed by atoms with E-state index in [9.17, 15) is 0 Å². The molecule has 0 aromatic carbocycles. The van der Waals surface area contributed by atoms with Crippen molar-refractivity contribution in [1.29, 1.82) is 0 Å². The van der Waals surface area contributed by atoms with E-state index in [0.29, 0.717) is 11.8 Å². The van der Waals surface area contributed by atoms with Crippen LogP contribution in [0.15, 0.2) is 35.4 Å². The molecule has 100 valence electrons. The number of nitrogens with zero attached hydrogens (tertiary/aromatic N) is 1. The van der Waals surface area contributed by atoms with Crippen LogP contribution in [0.1, 0.15) is 31.5 Å². The van der Waals surface area contributed by atoms with Gasteiger partial charge < -0.3 is 10.5 Å². The van der Waals surface area contributed by atoms with Gasteiger partial charge in [0, 0.05) is 18.4 Å². The van der Waals surface area contributed by atoms with E-state index in [1.165, 1.54) is 11.1 Å². The van der Waals surface area contributed by atoms with Gasteiger partial charge in [0.05, 0.1) is 18.3 Å². The lowest BCUT2D eigenvalue weighted by atomic mass is 9.63. The van der Waals surface area contributed by atoms with E-state index in [2.05, 4.69) is 37.0 Å². The van der Waals surface area contributed by atoms with Crippen molar-refractivity contribution in [3.8, 4) is 5.88 Å². The van der Waals surface area contributed by atoms with Crippen molar-refractivity contribution in [1.82, 2.24) is 4.98 Å². The van der Waals surface area contributed by atoms with Crippen LogP contribution >= 0.6 is 0 Å². The van der Waals surface area contributed by atoms with Crippen LogP contribution in [0.4, 0.5) is 0 Å². The highest BCUT2D eigenvalue weighted by atomic mass is 16.5. The molecule has 0 amide bonds. The standard InChI is InChI=1S/C16H20N2O/c1-4-12-11-7-10(2)9-16(12,17)13-5-6-15(19-3)18-14(13)8-11/h4-7,11H,8-9,17H2,1-3H3/t11-,16+/m0/s1. The first-order chi connectivity index (χ1) is 9.08. The van der Waals surface area contributed by atoms with Crippen LogP contribution < -0.4 is 10.5 Å². The zero-order chi connectivity index (χ0) is 13.6. The van der Waals surface area contributed by atoms with Crippen LogP contribution in [0, 0.1) is 5.92 Å². The van der Waals surface area contributed by atoms with Gasteiger partial charge in [-0.3, -0.25) is 0 Å². The van der Waals surface area contributed by atoms with Gasteiger partial charge in [-0.25, -0.2) is 4.98 Å². The number of allylic oxidation sites excluding steroid dienone is 2. The fourth-order valence-electron chi connectivity index (χ4n) is 3.62. The van der Waals surface area contributed by atoms with Crippen molar-refractivity contribution in [2.24, 2.45) is 11.7 Å². The minimum absolute atomic E-state index is 0.384. The smallest absolute Gasteiger partial charge is 0.213 e. The van der Waals surface area contributed by atoms with E-state index < -0.39 is 0 Å². The second-order valence-corrected chi connectivity index (χ2v) is 5.56. The first kappa shape index (κ1) is 12.4. The van der Waals surface area contributed by atoms with Gasteiger partial charge in [0.25, 0.3) is 0 Å². The van der Waals surface area contributed by atoms with E-state index in [-0.39, 0.29) is 5.54 Å². The van der Waals surface area contributed by atoms with Gasteiger partial charge in [-0.15, -0.1) is 0 Å². The van der Waals surface area contributed by atoms with Crippen LogP contribution in [-0.2, 0) is 12.0 Å². The number of ether oxygens (including phenoxy) is 1. The lowest BCUT2D eigenvalue weighted by Gasteiger charge is -2.45. The molecule has 3 rings (SSSR count). The molecular weight excluding hydrogens is 236 g/mol. The molecule has 2 aliphatic rings. The minimum Gasteiger partial charge on any atom is -0.481 e. The average molecular weight is 256 g/mol. The third kappa shape index (κ3) is 1.72. The third-order valence-corrected chi connectivity index (χ3v) is 4.32. The predicted molar refractivity (Wildman–Crippen MR) is 76.0 cm³/mol. The molecule has 0 saturated carbocycles. The van der Waals surface area contributed by atoms with Gasteiger partial charge >= 0.3 is 0 Å². The zero-order valence-corrected chi connectivity index (χ0v) is 11.7. The summed E-state index contributed by atoms with van der Waals surface area (Å²) in [4.78, 5) is 4.59. The van der Waals surface area contributed by atoms with Crippen LogP contribution in [0.2, 0.25) is 0 Å². The molecule has 19 heavy (non-hydrogen) atoms. The summed E-state index contributed by atoms with van der Waals surface area (Å²) >= 11 is 0. The summed E-state index contributed by atoms with van der Waals surface area (Å²) in [6.07, 6.45) is 6.32. The van der Waals surface area contributed by atoms with E-state index in [4.69, 9.17) is 10.5 Å². The van der Waals surface area contributed by atoms with Gasteiger partial charge in [-0.2, -0.15) is 0 Å². The predicted octanol–water partition coefficient (Wildman–Crippen LogP) is 2.71. The van der Waals surface area contributed by atoms with Gasteiger partial charge in [0.1, 0.15) is 0 Å². The Morgan fingerprint density at radius 2 is 2.26 bits per heavy atom. The lowest BCUT2D eigenvalue weighted by molar-refractivity contribution is 0.380. The highest BCUT2D eigenvalue weighted by Gasteiger charge is 2.44. The topological polar surface area (TPSA) is 48.1 Å². The molecule has 2 aliphatic carbocycles. The van der Waals surface area contributed by atoms with Crippen LogP contribution in [0.3, 0.4) is 0 Å². The van der Waals surface area contributed by atoms with E-state index >= 15 is 0 Å². The van der Waals surface area contributed by atoms with Crippen molar-refractivity contribution in [3.63, 3.8) is 0 Å². The summed E-state index contributed by atoms with van der Waals surface area (Å²) in [6, 6.07) is 3.99. The number of aromatic nitrogens is 1. The normalized spacial score (nSPS) is 30.8. The molecular formula is C16H20N2O. The quantitative estimate of drug-likeness (QED) is 0.786. The summed E-state index contributed by atoms with van der Waals surface area (Å²) in [6.45, 7) is 4.25. The molecule has 0 radical (unpaired) electrons. The Balaban J connectivity index is 2.20. The number of methoxy groups -OCH3 is 1. The molecule has 3 heteroatoms. The number of rotatable bonds is 1. The lowest BCUT2D eigenvalue weighted by Crippen LogP contribution is -2.47. The molecule has 2 bridgehead atoms. The Hall–Kier alpha value is -1.61. The minimum atomic E-state index is -0.384. The summed E-state index contributed by atoms with van der Waals surface area (Å²) in [7, 11) is 1.65. The van der Waals surface area contributed by atoms with Gasteiger partial charge in [-0.1, -0.05) is 17.7 Å². The summed E-state index contributed by atoms with van der Waals surface area (Å²) in [5.41, 5.74) is 11.3. The van der Waals surface area contributed by atoms with Crippen molar-refractivity contribution in [2.75, 3.05) is 7.11 Å². The fourth-order valence-corrected chi connectivity index (χ4v) is 3.62. The van der Waals surface area contributed by atoms with Crippen LogP contribution in [0.5, 0.6) is 5.88 Å². The number of nitrogens with two attached hydrogens (primary N) is 1. The summed E-state index contributed by atoms with van der Waals surface area (Å²) in [5.74, 6) is 1.06. The molecule has 0 fully saturated rings. The number of hydrogen-bond acceptors (Lipinski definition) is 3. The second kappa shape index (κ2) is 4.20.